The fraction of sp³-hybridized carbons (Fsp3) is 1.00. The van der Waals surface area contributed by atoms with E-state index in [0.717, 1.165) is 29.6 Å². The van der Waals surface area contributed by atoms with Gasteiger partial charge in [0.2, 0.25) is 0 Å². The minimum absolute atomic E-state index is 1.05. The van der Waals surface area contributed by atoms with Gasteiger partial charge in [0.15, 0.2) is 0 Å². The Bertz CT molecular complexity index is 208. The minimum Gasteiger partial charge on any atom is -0.0620 e. The first-order valence-corrected chi connectivity index (χ1v) is 7.86. The van der Waals surface area contributed by atoms with Crippen molar-refractivity contribution in [1.29, 1.82) is 0 Å². The Labute approximate surface area is 101 Å². The summed E-state index contributed by atoms with van der Waals surface area (Å²) in [5.74, 6) is 5.52. The van der Waals surface area contributed by atoms with Crippen LogP contribution in [0.2, 0.25) is 0 Å². The lowest BCUT2D eigenvalue weighted by atomic mass is 9.66. The summed E-state index contributed by atoms with van der Waals surface area (Å²) in [6.45, 7) is 2.61. The molecule has 4 unspecified atom stereocenters. The van der Waals surface area contributed by atoms with Crippen LogP contribution in [0.5, 0.6) is 0 Å². The third-order valence-electron chi connectivity index (χ3n) is 6.19. The molecule has 16 heavy (non-hydrogen) atoms. The van der Waals surface area contributed by atoms with Gasteiger partial charge >= 0.3 is 0 Å². The normalized spacial score (nSPS) is 48.9. The maximum Gasteiger partial charge on any atom is -0.0357 e. The molecule has 0 aromatic carbocycles. The van der Waals surface area contributed by atoms with Crippen LogP contribution in [0.15, 0.2) is 0 Å². The van der Waals surface area contributed by atoms with Gasteiger partial charge in [-0.1, -0.05) is 45.4 Å². The van der Waals surface area contributed by atoms with Gasteiger partial charge in [0.25, 0.3) is 0 Å². The van der Waals surface area contributed by atoms with Crippen LogP contribution in [0.4, 0.5) is 0 Å². The van der Waals surface area contributed by atoms with Gasteiger partial charge in [-0.05, 0) is 55.3 Å². The van der Waals surface area contributed by atoms with Crippen LogP contribution in [-0.4, -0.2) is 0 Å². The van der Waals surface area contributed by atoms with Gasteiger partial charge in [-0.25, -0.2) is 0 Å². The number of hydrogen-bond acceptors (Lipinski definition) is 0. The largest absolute Gasteiger partial charge is 0.0620 e. The molecule has 0 bridgehead atoms. The van der Waals surface area contributed by atoms with E-state index in [1.165, 1.54) is 25.7 Å². The van der Waals surface area contributed by atoms with Crippen LogP contribution in [0.1, 0.15) is 71.1 Å². The van der Waals surface area contributed by atoms with Crippen molar-refractivity contribution in [1.82, 2.24) is 0 Å². The minimum atomic E-state index is 1.05. The SMILES string of the molecule is CC1C2CCCCC2CCC2CCCCC21. The van der Waals surface area contributed by atoms with Crippen molar-refractivity contribution in [3.8, 4) is 0 Å². The van der Waals surface area contributed by atoms with Gasteiger partial charge < -0.3 is 0 Å². The average molecular weight is 220 g/mol. The molecule has 0 heterocycles. The van der Waals surface area contributed by atoms with Gasteiger partial charge in [0, 0.05) is 0 Å². The van der Waals surface area contributed by atoms with E-state index in [1.54, 1.807) is 38.5 Å². The lowest BCUT2D eigenvalue weighted by molar-refractivity contribution is 0.106. The van der Waals surface area contributed by atoms with Gasteiger partial charge in [0.05, 0.1) is 0 Å². The molecule has 0 heteroatoms. The molecule has 0 nitrogen and oxygen atoms in total. The second-order valence-electron chi connectivity index (χ2n) is 6.85. The molecular weight excluding hydrogens is 192 g/mol. The topological polar surface area (TPSA) is 0 Å². The van der Waals surface area contributed by atoms with Crippen molar-refractivity contribution in [2.24, 2.45) is 29.6 Å². The van der Waals surface area contributed by atoms with Crippen LogP contribution in [0.25, 0.3) is 0 Å². The summed E-state index contributed by atoms with van der Waals surface area (Å²) < 4.78 is 0. The number of fused-ring (bicyclic) bond motifs is 2. The smallest absolute Gasteiger partial charge is 0.0357 e. The molecule has 0 saturated heterocycles. The quantitative estimate of drug-likeness (QED) is 0.537. The van der Waals surface area contributed by atoms with E-state index in [0.29, 0.717) is 0 Å². The molecule has 3 aliphatic carbocycles. The van der Waals surface area contributed by atoms with Crippen molar-refractivity contribution < 1.29 is 0 Å². The van der Waals surface area contributed by atoms with Crippen LogP contribution in [0, 0.1) is 29.6 Å². The number of rotatable bonds is 0. The van der Waals surface area contributed by atoms with Crippen molar-refractivity contribution in [3.63, 3.8) is 0 Å². The third kappa shape index (κ3) is 1.93. The zero-order valence-electron chi connectivity index (χ0n) is 11.0. The molecule has 0 aromatic heterocycles. The fourth-order valence-electron chi connectivity index (χ4n) is 5.32. The predicted octanol–water partition coefficient (Wildman–Crippen LogP) is 5.03. The van der Waals surface area contributed by atoms with E-state index in [4.69, 9.17) is 0 Å². The first kappa shape index (κ1) is 11.1. The molecule has 3 fully saturated rings. The van der Waals surface area contributed by atoms with E-state index < -0.39 is 0 Å². The molecule has 0 spiro atoms. The predicted molar refractivity (Wildman–Crippen MR) is 69.3 cm³/mol. The van der Waals surface area contributed by atoms with E-state index in [1.807, 2.05) is 0 Å². The third-order valence-corrected chi connectivity index (χ3v) is 6.19. The summed E-state index contributed by atoms with van der Waals surface area (Å²) in [5, 5.41) is 0. The lowest BCUT2D eigenvalue weighted by Gasteiger charge is -2.39. The molecule has 3 rings (SSSR count). The van der Waals surface area contributed by atoms with Crippen molar-refractivity contribution >= 4 is 0 Å². The molecule has 0 aromatic rings. The summed E-state index contributed by atoms with van der Waals surface area (Å²) in [4.78, 5) is 0. The summed E-state index contributed by atoms with van der Waals surface area (Å²) in [6, 6.07) is 0. The van der Waals surface area contributed by atoms with Gasteiger partial charge in [-0.3, -0.25) is 0 Å². The Hall–Kier alpha value is 0. The average Bonchev–Trinajstić information content (AvgIpc) is 2.49. The second-order valence-corrected chi connectivity index (χ2v) is 6.85. The van der Waals surface area contributed by atoms with Crippen molar-refractivity contribution in [2.75, 3.05) is 0 Å². The fourth-order valence-corrected chi connectivity index (χ4v) is 5.32. The van der Waals surface area contributed by atoms with Crippen LogP contribution in [0.3, 0.4) is 0 Å². The molecular formula is C16H28. The second kappa shape index (κ2) is 4.70. The van der Waals surface area contributed by atoms with Crippen LogP contribution in [-0.2, 0) is 0 Å². The molecule has 3 aliphatic rings. The number of hydrogen-bond donors (Lipinski definition) is 0. The standard InChI is InChI=1S/C16H28/c1-12-15-8-4-2-6-13(15)10-11-14-7-3-5-9-16(12)14/h12-16H,2-11H2,1H3. The summed E-state index contributed by atoms with van der Waals surface area (Å²) in [7, 11) is 0. The zero-order chi connectivity index (χ0) is 11.0. The van der Waals surface area contributed by atoms with E-state index in [9.17, 15) is 0 Å². The Kier molecular flexibility index (Phi) is 3.27. The molecule has 0 amide bonds. The maximum absolute atomic E-state index is 2.61. The Morgan fingerprint density at radius 2 is 1.00 bits per heavy atom. The van der Waals surface area contributed by atoms with Crippen molar-refractivity contribution in [3.05, 3.63) is 0 Å². The Balaban J connectivity index is 1.78. The lowest BCUT2D eigenvalue weighted by Crippen LogP contribution is -2.31. The summed E-state index contributed by atoms with van der Waals surface area (Å²) in [5.41, 5.74) is 0. The molecule has 0 N–H and O–H groups in total. The highest BCUT2D eigenvalue weighted by atomic mass is 14.5. The highest BCUT2D eigenvalue weighted by molar-refractivity contribution is 4.90. The van der Waals surface area contributed by atoms with E-state index >= 15 is 0 Å². The highest BCUT2D eigenvalue weighted by Gasteiger charge is 2.40. The van der Waals surface area contributed by atoms with Gasteiger partial charge in [-0.15, -0.1) is 0 Å². The maximum atomic E-state index is 2.61. The molecule has 4 atom stereocenters. The Morgan fingerprint density at radius 3 is 1.50 bits per heavy atom. The Morgan fingerprint density at radius 1 is 0.562 bits per heavy atom. The van der Waals surface area contributed by atoms with E-state index in [-0.39, 0.29) is 0 Å². The molecule has 92 valence electrons. The molecule has 0 aliphatic heterocycles. The summed E-state index contributed by atoms with van der Waals surface area (Å²) >= 11 is 0. The molecule has 3 saturated carbocycles. The van der Waals surface area contributed by atoms with Gasteiger partial charge in [-0.2, -0.15) is 0 Å². The van der Waals surface area contributed by atoms with E-state index in [2.05, 4.69) is 6.92 Å². The first-order valence-electron chi connectivity index (χ1n) is 7.86. The zero-order valence-corrected chi connectivity index (χ0v) is 11.0. The van der Waals surface area contributed by atoms with Crippen LogP contribution >= 0.6 is 0 Å². The highest BCUT2D eigenvalue weighted by Crippen LogP contribution is 2.50. The van der Waals surface area contributed by atoms with Gasteiger partial charge in [0.1, 0.15) is 0 Å². The van der Waals surface area contributed by atoms with Crippen molar-refractivity contribution in [2.45, 2.75) is 71.1 Å². The monoisotopic (exact) mass is 220 g/mol. The summed E-state index contributed by atoms with van der Waals surface area (Å²) in [6.07, 6.45) is 15.5. The first-order chi connectivity index (χ1) is 7.86. The van der Waals surface area contributed by atoms with Crippen LogP contribution < -0.4 is 0 Å². The molecule has 0 radical (unpaired) electrons.